The van der Waals surface area contributed by atoms with Crippen molar-refractivity contribution in [3.63, 3.8) is 0 Å². The Morgan fingerprint density at radius 3 is 1.70 bits per heavy atom. The molecule has 0 N–H and O–H groups in total. The third kappa shape index (κ3) is 7.42. The van der Waals surface area contributed by atoms with Gasteiger partial charge in [0.2, 0.25) is 0 Å². The van der Waals surface area contributed by atoms with Crippen molar-refractivity contribution in [2.24, 2.45) is 0 Å². The van der Waals surface area contributed by atoms with Crippen LogP contribution in [-0.2, 0) is 16.2 Å². The zero-order valence-corrected chi connectivity index (χ0v) is 42.2. The zero-order chi connectivity index (χ0) is 58.5. The lowest BCUT2D eigenvalue weighted by Crippen LogP contribution is -2.61. The van der Waals surface area contributed by atoms with Crippen LogP contribution in [0.5, 0.6) is 0 Å². The van der Waals surface area contributed by atoms with Gasteiger partial charge in [-0.1, -0.05) is 182 Å². The summed E-state index contributed by atoms with van der Waals surface area (Å²) >= 11 is 0. The number of para-hydroxylation sites is 2. The average Bonchev–Trinajstić information content (AvgIpc) is 2.35. The molecule has 4 nitrogen and oxygen atoms in total. The Labute approximate surface area is 445 Å². The number of nitrogens with zero attached hydrogens (tertiary/aromatic N) is 3. The summed E-state index contributed by atoms with van der Waals surface area (Å²) in [7, 11) is 0. The van der Waals surface area contributed by atoms with Crippen LogP contribution < -0.4 is 31.3 Å². The molecule has 0 fully saturated rings. The lowest BCUT2D eigenvalue weighted by atomic mass is 9.35. The highest BCUT2D eigenvalue weighted by atomic mass is 16.3. The molecule has 0 radical (unpaired) electrons. The van der Waals surface area contributed by atoms with Crippen LogP contribution in [0, 0.1) is 0 Å². The van der Waals surface area contributed by atoms with Crippen LogP contribution in [0.4, 0.5) is 51.2 Å². The van der Waals surface area contributed by atoms with E-state index in [9.17, 15) is 2.74 Å². The number of furan rings is 1. The van der Waals surface area contributed by atoms with E-state index >= 15 is 0 Å². The van der Waals surface area contributed by atoms with Gasteiger partial charge in [0.25, 0.3) is 6.71 Å². The Hall–Kier alpha value is -8.02. The number of fused-ring (bicyclic) bond motifs is 7. The van der Waals surface area contributed by atoms with Crippen LogP contribution in [0.2, 0.25) is 0 Å². The van der Waals surface area contributed by atoms with Crippen LogP contribution in [0.15, 0.2) is 217 Å². The summed E-state index contributed by atoms with van der Waals surface area (Å²) in [5.41, 5.74) is 14.6. The topological polar surface area (TPSA) is 22.9 Å². The van der Waals surface area contributed by atoms with E-state index in [4.69, 9.17) is 15.4 Å². The SMILES string of the molecule is [2H]c1c([2H])c([2H])c(-c2cccc(N3c4cc(-c5c([2H])c([2H])c([2H])c([2H])c5[2H])ccc4B4c5oc6cc7c(cc6c5N(c5ccc(C(C)(C)C)cc5)c5cc(N(c6ccccc6)c6ccccc6)cc3c54)C(C)(C)CCC7(C)C)c2)c([2H])c1[2H]. The zero-order valence-electron chi connectivity index (χ0n) is 52.2. The summed E-state index contributed by atoms with van der Waals surface area (Å²) in [5, 5.41) is 0.969. The molecule has 0 spiro atoms. The average molecular weight is 956 g/mol. The van der Waals surface area contributed by atoms with Gasteiger partial charge in [0.05, 0.1) is 30.7 Å². The second kappa shape index (κ2) is 16.8. The lowest BCUT2D eigenvalue weighted by Gasteiger charge is -2.44. The Balaban J connectivity index is 1.20. The molecule has 10 aromatic rings. The maximum Gasteiger partial charge on any atom is 0.297 e. The molecule has 2 aliphatic heterocycles. The smallest absolute Gasteiger partial charge is 0.297 e. The molecule has 0 amide bonds. The molecule has 356 valence electrons. The van der Waals surface area contributed by atoms with Crippen molar-refractivity contribution < 1.29 is 18.1 Å². The Bertz CT molecular complexity index is 4250. The fourth-order valence-corrected chi connectivity index (χ4v) is 11.7. The van der Waals surface area contributed by atoms with Gasteiger partial charge >= 0.3 is 0 Å². The van der Waals surface area contributed by atoms with Gasteiger partial charge in [-0.25, -0.2) is 0 Å². The predicted octanol–water partition coefficient (Wildman–Crippen LogP) is 17.0. The second-order valence-corrected chi connectivity index (χ2v) is 22.1. The van der Waals surface area contributed by atoms with Crippen LogP contribution >= 0.6 is 0 Å². The molecule has 0 unspecified atom stereocenters. The van der Waals surface area contributed by atoms with Gasteiger partial charge in [0.1, 0.15) is 5.58 Å². The van der Waals surface area contributed by atoms with E-state index in [0.717, 1.165) is 74.5 Å². The summed E-state index contributed by atoms with van der Waals surface area (Å²) in [6, 6.07) is 47.2. The lowest BCUT2D eigenvalue weighted by molar-refractivity contribution is 0.332. The summed E-state index contributed by atoms with van der Waals surface area (Å²) in [6.45, 7) is 15.4. The van der Waals surface area contributed by atoms with E-state index in [1.807, 2.05) is 72.8 Å². The number of anilines is 9. The van der Waals surface area contributed by atoms with E-state index in [0.29, 0.717) is 28.2 Å². The van der Waals surface area contributed by atoms with Gasteiger partial charge < -0.3 is 19.1 Å². The maximum absolute atomic E-state index is 9.25. The first-order chi connectivity index (χ1) is 39.5. The Morgan fingerprint density at radius 2 is 1.10 bits per heavy atom. The highest BCUT2D eigenvalue weighted by Crippen LogP contribution is 2.53. The first-order valence-corrected chi connectivity index (χ1v) is 25.3. The highest BCUT2D eigenvalue weighted by molar-refractivity contribution is 7.00. The van der Waals surface area contributed by atoms with Crippen molar-refractivity contribution in [1.82, 2.24) is 0 Å². The molecule has 3 heterocycles. The van der Waals surface area contributed by atoms with Crippen LogP contribution in [0.25, 0.3) is 33.2 Å². The van der Waals surface area contributed by atoms with Crippen molar-refractivity contribution in [1.29, 1.82) is 0 Å². The predicted molar refractivity (Wildman–Crippen MR) is 310 cm³/mol. The van der Waals surface area contributed by atoms with Crippen molar-refractivity contribution >= 4 is 85.5 Å². The van der Waals surface area contributed by atoms with Crippen molar-refractivity contribution in [3.8, 4) is 22.3 Å². The van der Waals surface area contributed by atoms with Gasteiger partial charge in [-0.15, -0.1) is 0 Å². The van der Waals surface area contributed by atoms with E-state index in [1.165, 1.54) is 16.7 Å². The summed E-state index contributed by atoms with van der Waals surface area (Å²) in [5.74, 6) is 0. The Morgan fingerprint density at radius 1 is 0.521 bits per heavy atom. The first kappa shape index (κ1) is 35.2. The van der Waals surface area contributed by atoms with Crippen molar-refractivity contribution in [2.75, 3.05) is 14.7 Å². The van der Waals surface area contributed by atoms with E-state index in [-0.39, 0.29) is 51.5 Å². The van der Waals surface area contributed by atoms with Gasteiger partial charge in [0, 0.05) is 45.2 Å². The largest absolute Gasteiger partial charge is 0.468 e. The molecular weight excluding hydrogens is 886 g/mol. The standard InChI is InChI=1S/C68H60BN3O/c1-66(2,3)49-32-34-52(35-33-49)72-61-42-54(70(50-26-16-10-17-27-50)51-28-18-11-19-29-51)41-60-63(61)69(65-64(72)55-43-56-57(44-62(55)73-65)68(6,7)38-37-67(56,4)5)58-36-31-48(46-23-14-9-15-24-46)40-59(58)71(60)53-30-20-25-47(39-53)45-21-12-8-13-22-45/h8-36,39-44H,37-38H2,1-7H3/i8D,9D,12D,13D,14D,15D,21D,22D,23D,24D. The number of rotatable bonds is 7. The third-order valence-corrected chi connectivity index (χ3v) is 15.6. The number of benzene rings is 9. The molecule has 0 saturated heterocycles. The minimum absolute atomic E-state index is 0.0416. The van der Waals surface area contributed by atoms with Gasteiger partial charge in [-0.3, -0.25) is 0 Å². The maximum atomic E-state index is 9.25. The van der Waals surface area contributed by atoms with Crippen molar-refractivity contribution in [2.45, 2.75) is 77.6 Å². The monoisotopic (exact) mass is 956 g/mol. The fourth-order valence-electron chi connectivity index (χ4n) is 11.7. The van der Waals surface area contributed by atoms with E-state index in [1.54, 1.807) is 6.07 Å². The van der Waals surface area contributed by atoms with Crippen molar-refractivity contribution in [3.05, 3.63) is 229 Å². The number of hydrogen-bond acceptors (Lipinski definition) is 4. The normalized spacial score (nSPS) is 17.0. The first-order valence-electron chi connectivity index (χ1n) is 30.3. The van der Waals surface area contributed by atoms with Crippen LogP contribution in [0.3, 0.4) is 0 Å². The quantitative estimate of drug-likeness (QED) is 0.149. The highest BCUT2D eigenvalue weighted by Gasteiger charge is 2.48. The summed E-state index contributed by atoms with van der Waals surface area (Å²) in [6.07, 6.45) is 2.03. The van der Waals surface area contributed by atoms with E-state index < -0.39 is 43.0 Å². The molecule has 1 aliphatic carbocycles. The fraction of sp³-hybridized carbons (Fsp3) is 0.176. The van der Waals surface area contributed by atoms with E-state index in [2.05, 4.69) is 136 Å². The molecule has 73 heavy (non-hydrogen) atoms. The molecule has 0 atom stereocenters. The Kier molecular flexibility index (Phi) is 8.08. The van der Waals surface area contributed by atoms with Gasteiger partial charge in [-0.05, 0) is 158 Å². The van der Waals surface area contributed by atoms with Crippen LogP contribution in [0.1, 0.15) is 91.7 Å². The summed E-state index contributed by atoms with van der Waals surface area (Å²) < 4.78 is 96.3. The molecule has 13 rings (SSSR count). The molecule has 9 aromatic carbocycles. The summed E-state index contributed by atoms with van der Waals surface area (Å²) in [4.78, 5) is 6.70. The van der Waals surface area contributed by atoms with Gasteiger partial charge in [0.15, 0.2) is 0 Å². The van der Waals surface area contributed by atoms with Gasteiger partial charge in [-0.2, -0.15) is 0 Å². The molecular formula is C68H60BN3O. The molecule has 1 aromatic heterocycles. The molecule has 0 bridgehead atoms. The minimum atomic E-state index is -0.578. The molecule has 3 aliphatic rings. The second-order valence-electron chi connectivity index (χ2n) is 22.1. The van der Waals surface area contributed by atoms with Crippen LogP contribution in [-0.4, -0.2) is 6.71 Å². The number of hydrogen-bond donors (Lipinski definition) is 0. The third-order valence-electron chi connectivity index (χ3n) is 15.6. The molecule has 0 saturated carbocycles. The minimum Gasteiger partial charge on any atom is -0.468 e. The molecule has 5 heteroatoms.